The summed E-state index contributed by atoms with van der Waals surface area (Å²) in [6.07, 6.45) is 2.44. The number of benzene rings is 1. The van der Waals surface area contributed by atoms with Crippen LogP contribution in [-0.2, 0) is 0 Å². The van der Waals surface area contributed by atoms with Gasteiger partial charge in [-0.25, -0.2) is 0 Å². The molecule has 1 aromatic carbocycles. The van der Waals surface area contributed by atoms with Crippen molar-refractivity contribution in [3.05, 3.63) is 46.2 Å². The molecular weight excluding hydrogens is 256 g/mol. The normalized spacial score (nSPS) is 14.8. The molecule has 1 fully saturated rings. The number of nitrogens with two attached hydrogens (primary N) is 1. The summed E-state index contributed by atoms with van der Waals surface area (Å²) in [4.78, 5) is 15.3. The maximum Gasteiger partial charge on any atom is 0.203 e. The van der Waals surface area contributed by atoms with Gasteiger partial charge in [-0.2, -0.15) is 0 Å². The van der Waals surface area contributed by atoms with E-state index in [2.05, 4.69) is 4.90 Å². The van der Waals surface area contributed by atoms with E-state index in [1.807, 2.05) is 29.6 Å². The van der Waals surface area contributed by atoms with E-state index in [0.29, 0.717) is 11.3 Å². The molecule has 0 spiro atoms. The van der Waals surface area contributed by atoms with Gasteiger partial charge in [0.25, 0.3) is 0 Å². The second kappa shape index (κ2) is 5.05. The predicted molar refractivity (Wildman–Crippen MR) is 80.1 cm³/mol. The van der Waals surface area contributed by atoms with Gasteiger partial charge in [-0.3, -0.25) is 4.79 Å². The number of thiophene rings is 1. The molecule has 0 radical (unpaired) electrons. The topological polar surface area (TPSA) is 46.3 Å². The van der Waals surface area contributed by atoms with Crippen molar-refractivity contribution in [2.75, 3.05) is 23.7 Å². The SMILES string of the molecule is Nc1cc(C(=O)c2cccs2)ccc1N1CCCC1. The van der Waals surface area contributed by atoms with Gasteiger partial charge in [0, 0.05) is 18.7 Å². The van der Waals surface area contributed by atoms with Gasteiger partial charge in [0.2, 0.25) is 5.78 Å². The molecule has 2 aromatic rings. The number of nitrogen functional groups attached to an aromatic ring is 1. The van der Waals surface area contributed by atoms with E-state index < -0.39 is 0 Å². The van der Waals surface area contributed by atoms with Gasteiger partial charge < -0.3 is 10.6 Å². The van der Waals surface area contributed by atoms with Crippen LogP contribution >= 0.6 is 11.3 Å². The number of carbonyl (C=O) groups excluding carboxylic acids is 1. The van der Waals surface area contributed by atoms with E-state index in [1.165, 1.54) is 24.2 Å². The average Bonchev–Trinajstić information content (AvgIpc) is 3.11. The molecule has 0 saturated carbocycles. The van der Waals surface area contributed by atoms with Crippen LogP contribution in [0.1, 0.15) is 28.1 Å². The van der Waals surface area contributed by atoms with Crippen LogP contribution < -0.4 is 10.6 Å². The van der Waals surface area contributed by atoms with E-state index >= 15 is 0 Å². The lowest BCUT2D eigenvalue weighted by atomic mass is 10.1. The first-order valence-electron chi connectivity index (χ1n) is 6.48. The molecule has 0 atom stereocenters. The van der Waals surface area contributed by atoms with Crippen LogP contribution in [0.5, 0.6) is 0 Å². The number of hydrogen-bond acceptors (Lipinski definition) is 4. The zero-order valence-electron chi connectivity index (χ0n) is 10.6. The number of nitrogens with zero attached hydrogens (tertiary/aromatic N) is 1. The second-order valence-corrected chi connectivity index (χ2v) is 5.72. The maximum atomic E-state index is 12.2. The van der Waals surface area contributed by atoms with Crippen LogP contribution in [0.15, 0.2) is 35.7 Å². The molecule has 4 heteroatoms. The lowest BCUT2D eigenvalue weighted by Crippen LogP contribution is -2.19. The van der Waals surface area contributed by atoms with Gasteiger partial charge in [0.15, 0.2) is 0 Å². The standard InChI is InChI=1S/C15H16N2OS/c16-12-10-11(15(18)14-4-3-9-19-14)5-6-13(12)17-7-1-2-8-17/h3-6,9-10H,1-2,7-8,16H2. The quantitative estimate of drug-likeness (QED) is 0.689. The van der Waals surface area contributed by atoms with Crippen molar-refractivity contribution in [3.63, 3.8) is 0 Å². The Morgan fingerprint density at radius 3 is 2.63 bits per heavy atom. The highest BCUT2D eigenvalue weighted by molar-refractivity contribution is 7.12. The van der Waals surface area contributed by atoms with E-state index in [0.717, 1.165) is 23.7 Å². The number of carbonyl (C=O) groups is 1. The molecule has 3 nitrogen and oxygen atoms in total. The summed E-state index contributed by atoms with van der Waals surface area (Å²) in [5.74, 6) is 0.0506. The first-order valence-corrected chi connectivity index (χ1v) is 7.36. The minimum Gasteiger partial charge on any atom is -0.397 e. The van der Waals surface area contributed by atoms with Gasteiger partial charge in [-0.1, -0.05) is 6.07 Å². The fourth-order valence-electron chi connectivity index (χ4n) is 2.49. The highest BCUT2D eigenvalue weighted by atomic mass is 32.1. The van der Waals surface area contributed by atoms with E-state index in [4.69, 9.17) is 5.73 Å². The van der Waals surface area contributed by atoms with Crippen LogP contribution in [0.2, 0.25) is 0 Å². The molecule has 3 rings (SSSR count). The highest BCUT2D eigenvalue weighted by Crippen LogP contribution is 2.28. The first-order chi connectivity index (χ1) is 9.25. The molecule has 1 aliphatic heterocycles. The lowest BCUT2D eigenvalue weighted by Gasteiger charge is -2.20. The minimum absolute atomic E-state index is 0.0506. The van der Waals surface area contributed by atoms with Gasteiger partial charge in [0.1, 0.15) is 0 Å². The van der Waals surface area contributed by atoms with Gasteiger partial charge >= 0.3 is 0 Å². The van der Waals surface area contributed by atoms with Crippen molar-refractivity contribution >= 4 is 28.5 Å². The van der Waals surface area contributed by atoms with E-state index in [1.54, 1.807) is 6.07 Å². The van der Waals surface area contributed by atoms with Crippen LogP contribution in [0.3, 0.4) is 0 Å². The Hall–Kier alpha value is -1.81. The summed E-state index contributed by atoms with van der Waals surface area (Å²) in [5, 5.41) is 1.91. The number of hydrogen-bond donors (Lipinski definition) is 1. The van der Waals surface area contributed by atoms with Gasteiger partial charge in [-0.05, 0) is 42.5 Å². The van der Waals surface area contributed by atoms with E-state index in [-0.39, 0.29) is 5.78 Å². The molecule has 1 saturated heterocycles. The first kappa shape index (κ1) is 12.2. The fourth-order valence-corrected chi connectivity index (χ4v) is 3.18. The molecule has 0 amide bonds. The Morgan fingerprint density at radius 2 is 2.00 bits per heavy atom. The zero-order valence-corrected chi connectivity index (χ0v) is 11.5. The molecule has 98 valence electrons. The lowest BCUT2D eigenvalue weighted by molar-refractivity contribution is 0.104. The summed E-state index contributed by atoms with van der Waals surface area (Å²) in [7, 11) is 0. The third kappa shape index (κ3) is 2.36. The predicted octanol–water partition coefficient (Wildman–Crippen LogP) is 3.16. The summed E-state index contributed by atoms with van der Waals surface area (Å²) in [5.41, 5.74) is 8.53. The second-order valence-electron chi connectivity index (χ2n) is 4.77. The third-order valence-corrected chi connectivity index (χ3v) is 4.35. The molecule has 0 bridgehead atoms. The number of ketones is 1. The van der Waals surface area contributed by atoms with Crippen molar-refractivity contribution in [3.8, 4) is 0 Å². The van der Waals surface area contributed by atoms with Crippen molar-refractivity contribution in [1.82, 2.24) is 0 Å². The molecule has 1 aliphatic rings. The Morgan fingerprint density at radius 1 is 1.21 bits per heavy atom. The van der Waals surface area contributed by atoms with Crippen LogP contribution in [0.4, 0.5) is 11.4 Å². The van der Waals surface area contributed by atoms with Crippen molar-refractivity contribution < 1.29 is 4.79 Å². The summed E-state index contributed by atoms with van der Waals surface area (Å²) >= 11 is 1.46. The van der Waals surface area contributed by atoms with Crippen LogP contribution in [-0.4, -0.2) is 18.9 Å². The largest absolute Gasteiger partial charge is 0.397 e. The Labute approximate surface area is 116 Å². The summed E-state index contributed by atoms with van der Waals surface area (Å²) in [6, 6.07) is 9.39. The fraction of sp³-hybridized carbons (Fsp3) is 0.267. The molecule has 2 N–H and O–H groups in total. The molecular formula is C15H16N2OS. The van der Waals surface area contributed by atoms with Crippen molar-refractivity contribution in [1.29, 1.82) is 0 Å². The molecule has 2 heterocycles. The van der Waals surface area contributed by atoms with E-state index in [9.17, 15) is 4.79 Å². The van der Waals surface area contributed by atoms with Gasteiger partial charge in [0.05, 0.1) is 16.3 Å². The zero-order chi connectivity index (χ0) is 13.2. The third-order valence-electron chi connectivity index (χ3n) is 3.48. The maximum absolute atomic E-state index is 12.2. The molecule has 0 unspecified atom stereocenters. The average molecular weight is 272 g/mol. The minimum atomic E-state index is 0.0506. The molecule has 1 aromatic heterocycles. The monoisotopic (exact) mass is 272 g/mol. The smallest absolute Gasteiger partial charge is 0.203 e. The summed E-state index contributed by atoms with van der Waals surface area (Å²) in [6.45, 7) is 2.12. The number of rotatable bonds is 3. The molecule has 19 heavy (non-hydrogen) atoms. The van der Waals surface area contributed by atoms with Gasteiger partial charge in [-0.15, -0.1) is 11.3 Å². The van der Waals surface area contributed by atoms with Crippen molar-refractivity contribution in [2.24, 2.45) is 0 Å². The summed E-state index contributed by atoms with van der Waals surface area (Å²) < 4.78 is 0. The Kier molecular flexibility index (Phi) is 3.25. The van der Waals surface area contributed by atoms with Crippen LogP contribution in [0, 0.1) is 0 Å². The Balaban J connectivity index is 1.89. The molecule has 0 aliphatic carbocycles. The number of anilines is 2. The highest BCUT2D eigenvalue weighted by Gasteiger charge is 2.17. The van der Waals surface area contributed by atoms with Crippen LogP contribution in [0.25, 0.3) is 0 Å². The Bertz CT molecular complexity index is 586. The van der Waals surface area contributed by atoms with Crippen molar-refractivity contribution in [2.45, 2.75) is 12.8 Å².